The van der Waals surface area contributed by atoms with Crippen LogP contribution in [0.4, 0.5) is 36.4 Å². The number of sulfonamides is 1. The molecule has 1 heterocycles. The fraction of sp³-hybridized carbons (Fsp3) is 0.759. The monoisotopic (exact) mass is 658 g/mol. The number of nitrogens with zero attached hydrogens (tertiary/aromatic N) is 2. The number of halogens is 7. The van der Waals surface area contributed by atoms with Crippen LogP contribution in [0.5, 0.6) is 5.75 Å². The molecule has 0 spiro atoms. The molecule has 7 nitrogen and oxygen atoms in total. The molecule has 3 saturated carbocycles. The van der Waals surface area contributed by atoms with Crippen LogP contribution >= 0.6 is 0 Å². The summed E-state index contributed by atoms with van der Waals surface area (Å²) in [6, 6.07) is -0.117. The number of ether oxygens (including phenoxy) is 2. The highest BCUT2D eigenvalue weighted by Crippen LogP contribution is 2.54. The van der Waals surface area contributed by atoms with E-state index in [-0.39, 0.29) is 50.9 Å². The third-order valence-electron chi connectivity index (χ3n) is 9.62. The molecule has 15 heteroatoms. The number of anilines is 1. The molecule has 2 unspecified atom stereocenters. The third kappa shape index (κ3) is 6.50. The molecule has 1 aromatic carbocycles. The summed E-state index contributed by atoms with van der Waals surface area (Å²) >= 11 is 0. The van der Waals surface area contributed by atoms with Gasteiger partial charge in [0.15, 0.2) is 0 Å². The van der Waals surface area contributed by atoms with Crippen molar-refractivity contribution < 1.29 is 53.4 Å². The van der Waals surface area contributed by atoms with Crippen molar-refractivity contribution in [1.29, 1.82) is 0 Å². The highest BCUT2D eigenvalue weighted by atomic mass is 32.2. The fourth-order valence-corrected chi connectivity index (χ4v) is 8.57. The Kier molecular flexibility index (Phi) is 8.42. The van der Waals surface area contributed by atoms with Gasteiger partial charge in [-0.3, -0.25) is 4.79 Å². The van der Waals surface area contributed by atoms with E-state index in [1.165, 1.54) is 11.9 Å². The molecule has 0 bridgehead atoms. The summed E-state index contributed by atoms with van der Waals surface area (Å²) < 4.78 is 139. The highest BCUT2D eigenvalue weighted by Gasteiger charge is 2.54. The molecule has 3 atom stereocenters. The van der Waals surface area contributed by atoms with Crippen LogP contribution in [0.2, 0.25) is 0 Å². The first-order valence-electron chi connectivity index (χ1n) is 14.8. The van der Waals surface area contributed by atoms with E-state index in [9.17, 15) is 43.9 Å². The first kappa shape index (κ1) is 33.1. The van der Waals surface area contributed by atoms with Gasteiger partial charge in [0.25, 0.3) is 0 Å². The number of hydrogen-bond acceptors (Lipinski definition) is 6. The Morgan fingerprint density at radius 2 is 1.68 bits per heavy atom. The number of rotatable bonds is 9. The number of carbonyl (C=O) groups is 1. The lowest BCUT2D eigenvalue weighted by Crippen LogP contribution is -2.45. The second-order valence-electron chi connectivity index (χ2n) is 12.9. The molecule has 44 heavy (non-hydrogen) atoms. The van der Waals surface area contributed by atoms with Gasteiger partial charge >= 0.3 is 12.1 Å². The zero-order chi connectivity index (χ0) is 32.5. The Morgan fingerprint density at radius 3 is 2.20 bits per heavy atom. The first-order chi connectivity index (χ1) is 20.3. The molecular formula is C29H37F7N2O5S. The van der Waals surface area contributed by atoms with Crippen LogP contribution < -0.4 is 9.64 Å². The summed E-state index contributed by atoms with van der Waals surface area (Å²) in [5.74, 6) is -8.14. The van der Waals surface area contributed by atoms with Crippen LogP contribution in [0.25, 0.3) is 0 Å². The Bertz CT molecular complexity index is 1360. The van der Waals surface area contributed by atoms with Gasteiger partial charge in [-0.25, -0.2) is 26.0 Å². The standard InChI is InChI=1S/C29H37F7N2O5S/c1-4-42-25(39)27(7-8-27)16-43-23-12-24-22(11-21(23)29(34,35)36)38(20-9-17-13-28(32,33)14-18(17)10-20)15-19(5-6-26(2,30)31)37(3)44(24,40)41/h11-12,17-20H,4-10,13-16H2,1-3H3/t17?,18?,19-,20?/m1/s1. The van der Waals surface area contributed by atoms with Crippen molar-refractivity contribution in [2.24, 2.45) is 17.3 Å². The minimum Gasteiger partial charge on any atom is -0.492 e. The topological polar surface area (TPSA) is 76.2 Å². The van der Waals surface area contributed by atoms with Gasteiger partial charge in [0.2, 0.25) is 21.9 Å². The van der Waals surface area contributed by atoms with E-state index in [2.05, 4.69) is 0 Å². The maximum Gasteiger partial charge on any atom is 0.420 e. The lowest BCUT2D eigenvalue weighted by Gasteiger charge is -2.35. The molecule has 0 radical (unpaired) electrons. The normalized spacial score (nSPS) is 29.1. The molecule has 0 aromatic heterocycles. The Balaban J connectivity index is 1.57. The smallest absolute Gasteiger partial charge is 0.420 e. The summed E-state index contributed by atoms with van der Waals surface area (Å²) in [4.78, 5) is 13.4. The van der Waals surface area contributed by atoms with Crippen molar-refractivity contribution in [2.75, 3.05) is 31.7 Å². The number of benzene rings is 1. The lowest BCUT2D eigenvalue weighted by molar-refractivity contribution is -0.151. The molecule has 4 aliphatic rings. The molecule has 0 saturated heterocycles. The van der Waals surface area contributed by atoms with E-state index in [0.717, 1.165) is 10.4 Å². The SMILES string of the molecule is CCOC(=O)C1(COc2cc3c(cc2C(F)(F)F)N(C2CC4CC(F)(F)CC4C2)C[C@@H](CCC(C)(F)F)N(C)S3(=O)=O)CC1. The van der Waals surface area contributed by atoms with Crippen LogP contribution in [-0.2, 0) is 25.7 Å². The van der Waals surface area contributed by atoms with E-state index in [1.807, 2.05) is 0 Å². The summed E-state index contributed by atoms with van der Waals surface area (Å²) in [6.07, 6.45) is -5.57. The maximum atomic E-state index is 14.5. The molecule has 1 aromatic rings. The third-order valence-corrected chi connectivity index (χ3v) is 11.6. The van der Waals surface area contributed by atoms with Gasteiger partial charge in [-0.05, 0) is 63.9 Å². The average molecular weight is 659 g/mol. The van der Waals surface area contributed by atoms with Gasteiger partial charge in [-0.15, -0.1) is 0 Å². The summed E-state index contributed by atoms with van der Waals surface area (Å²) in [5.41, 5.74) is -2.67. The van der Waals surface area contributed by atoms with Crippen molar-refractivity contribution in [3.05, 3.63) is 17.7 Å². The Morgan fingerprint density at radius 1 is 1.07 bits per heavy atom. The average Bonchev–Trinajstić information content (AvgIpc) is 3.54. The molecule has 5 rings (SSSR count). The van der Waals surface area contributed by atoms with Crippen molar-refractivity contribution >= 4 is 21.7 Å². The minimum absolute atomic E-state index is 0.0687. The summed E-state index contributed by atoms with van der Waals surface area (Å²) in [6.45, 7) is 1.71. The van der Waals surface area contributed by atoms with E-state index >= 15 is 0 Å². The first-order valence-corrected chi connectivity index (χ1v) is 16.3. The van der Waals surface area contributed by atoms with Crippen LogP contribution in [-0.4, -0.2) is 69.4 Å². The van der Waals surface area contributed by atoms with Crippen molar-refractivity contribution in [3.63, 3.8) is 0 Å². The molecule has 3 fully saturated rings. The quantitative estimate of drug-likeness (QED) is 0.223. The maximum absolute atomic E-state index is 14.5. The molecule has 1 aliphatic heterocycles. The largest absolute Gasteiger partial charge is 0.492 e. The second-order valence-corrected chi connectivity index (χ2v) is 14.9. The van der Waals surface area contributed by atoms with Gasteiger partial charge in [0, 0.05) is 51.0 Å². The number of hydrogen-bond donors (Lipinski definition) is 0. The van der Waals surface area contributed by atoms with E-state index in [1.54, 1.807) is 6.92 Å². The Hall–Kier alpha value is -2.29. The number of likely N-dealkylation sites (N-methyl/N-ethyl adjacent to an activating group) is 1. The second kappa shape index (κ2) is 11.2. The van der Waals surface area contributed by atoms with Crippen molar-refractivity contribution in [3.8, 4) is 5.75 Å². The van der Waals surface area contributed by atoms with Gasteiger partial charge in [-0.2, -0.15) is 17.5 Å². The number of alkyl halides is 7. The van der Waals surface area contributed by atoms with Crippen LogP contribution in [0.3, 0.4) is 0 Å². The van der Waals surface area contributed by atoms with Gasteiger partial charge < -0.3 is 14.4 Å². The molecule has 0 N–H and O–H groups in total. The van der Waals surface area contributed by atoms with Gasteiger partial charge in [0.05, 0.1) is 17.9 Å². The summed E-state index contributed by atoms with van der Waals surface area (Å²) in [7, 11) is -3.34. The van der Waals surface area contributed by atoms with Crippen LogP contribution in [0.1, 0.15) is 70.8 Å². The number of fused-ring (bicyclic) bond motifs is 2. The lowest BCUT2D eigenvalue weighted by atomic mass is 10.0. The molecule has 3 aliphatic carbocycles. The predicted molar refractivity (Wildman–Crippen MR) is 145 cm³/mol. The van der Waals surface area contributed by atoms with E-state index in [0.29, 0.717) is 25.8 Å². The van der Waals surface area contributed by atoms with Crippen LogP contribution in [0.15, 0.2) is 17.0 Å². The van der Waals surface area contributed by atoms with Crippen molar-refractivity contribution in [2.45, 2.75) is 100 Å². The fourth-order valence-electron chi connectivity index (χ4n) is 7.00. The van der Waals surface area contributed by atoms with Crippen molar-refractivity contribution in [1.82, 2.24) is 4.31 Å². The molecule has 0 amide bonds. The van der Waals surface area contributed by atoms with Gasteiger partial charge in [0.1, 0.15) is 22.7 Å². The number of esters is 1. The molecular weight excluding hydrogens is 621 g/mol. The number of carbonyl (C=O) groups excluding carboxylic acids is 1. The highest BCUT2D eigenvalue weighted by molar-refractivity contribution is 7.89. The Labute approximate surface area is 252 Å². The van der Waals surface area contributed by atoms with E-state index < -0.39 is 92.6 Å². The van der Waals surface area contributed by atoms with E-state index in [4.69, 9.17) is 9.47 Å². The predicted octanol–water partition coefficient (Wildman–Crippen LogP) is 6.50. The minimum atomic E-state index is -4.99. The van der Waals surface area contributed by atoms with Crippen LogP contribution in [0, 0.1) is 17.3 Å². The zero-order valence-corrected chi connectivity index (χ0v) is 25.5. The molecule has 248 valence electrons. The van der Waals surface area contributed by atoms with Gasteiger partial charge in [-0.1, -0.05) is 0 Å². The summed E-state index contributed by atoms with van der Waals surface area (Å²) in [5, 5.41) is 0. The zero-order valence-electron chi connectivity index (χ0n) is 24.7.